The quantitative estimate of drug-likeness (QED) is 0.518. The predicted molar refractivity (Wildman–Crippen MR) is 112 cm³/mol. The number of hydrogen-bond donors (Lipinski definition) is 2. The average molecular weight is 385 g/mol. The molecule has 0 bridgehead atoms. The molecule has 2 heterocycles. The number of carbonyl (C=O) groups is 1. The molecule has 0 spiro atoms. The summed E-state index contributed by atoms with van der Waals surface area (Å²) in [6, 6.07) is 18.5. The van der Waals surface area contributed by atoms with Gasteiger partial charge in [-0.1, -0.05) is 12.1 Å². The first-order chi connectivity index (χ1) is 14.2. The monoisotopic (exact) mass is 385 g/mol. The van der Waals surface area contributed by atoms with Gasteiger partial charge in [-0.15, -0.1) is 0 Å². The number of methoxy groups -OCH3 is 1. The second-order valence-corrected chi connectivity index (χ2v) is 6.23. The summed E-state index contributed by atoms with van der Waals surface area (Å²) in [7, 11) is 1.62. The molecule has 0 unspecified atom stereocenters. The Kier molecular flexibility index (Phi) is 5.20. The fraction of sp³-hybridized carbons (Fsp3) is 0.0455. The van der Waals surface area contributed by atoms with Crippen LogP contribution in [0, 0.1) is 0 Å². The number of para-hydroxylation sites is 1. The number of rotatable bonds is 6. The molecule has 29 heavy (non-hydrogen) atoms. The Morgan fingerprint density at radius 2 is 1.79 bits per heavy atom. The zero-order valence-electron chi connectivity index (χ0n) is 15.7. The number of aromatic nitrogens is 3. The van der Waals surface area contributed by atoms with Crippen molar-refractivity contribution in [1.29, 1.82) is 0 Å². The van der Waals surface area contributed by atoms with Crippen molar-refractivity contribution < 1.29 is 9.53 Å². The van der Waals surface area contributed by atoms with Gasteiger partial charge in [0.1, 0.15) is 17.9 Å². The maximum Gasteiger partial charge on any atom is 0.257 e. The molecule has 7 nitrogen and oxygen atoms in total. The summed E-state index contributed by atoms with van der Waals surface area (Å²) in [6.45, 7) is 0. The minimum Gasteiger partial charge on any atom is -0.497 e. The topological polar surface area (TPSA) is 81.1 Å². The lowest BCUT2D eigenvalue weighted by molar-refractivity contribution is 0.102. The molecule has 0 radical (unpaired) electrons. The van der Waals surface area contributed by atoms with Crippen LogP contribution in [0.3, 0.4) is 0 Å². The minimum atomic E-state index is -0.223. The molecule has 0 fully saturated rings. The van der Waals surface area contributed by atoms with E-state index in [4.69, 9.17) is 4.74 Å². The van der Waals surface area contributed by atoms with E-state index < -0.39 is 0 Å². The SMILES string of the molecule is COc1ccc(Nc2ccccc2C(=O)Nc2ccc(-n3ccnc3)nc2)cc1. The molecule has 4 aromatic rings. The van der Waals surface area contributed by atoms with E-state index in [1.807, 2.05) is 54.7 Å². The lowest BCUT2D eigenvalue weighted by Gasteiger charge is -2.13. The van der Waals surface area contributed by atoms with Gasteiger partial charge in [0, 0.05) is 18.1 Å². The van der Waals surface area contributed by atoms with Gasteiger partial charge in [-0.3, -0.25) is 9.36 Å². The molecule has 0 aliphatic rings. The smallest absolute Gasteiger partial charge is 0.257 e. The largest absolute Gasteiger partial charge is 0.497 e. The van der Waals surface area contributed by atoms with Crippen LogP contribution in [0.4, 0.5) is 17.1 Å². The highest BCUT2D eigenvalue weighted by Gasteiger charge is 2.12. The molecule has 0 aliphatic heterocycles. The number of carbonyl (C=O) groups excluding carboxylic acids is 1. The molecule has 7 heteroatoms. The van der Waals surface area contributed by atoms with E-state index in [-0.39, 0.29) is 5.91 Å². The molecule has 2 aromatic carbocycles. The first-order valence-electron chi connectivity index (χ1n) is 8.99. The summed E-state index contributed by atoms with van der Waals surface area (Å²) in [5.74, 6) is 1.27. The van der Waals surface area contributed by atoms with Gasteiger partial charge in [-0.05, 0) is 48.5 Å². The van der Waals surface area contributed by atoms with Crippen LogP contribution in [0.1, 0.15) is 10.4 Å². The van der Waals surface area contributed by atoms with Gasteiger partial charge in [0.25, 0.3) is 5.91 Å². The predicted octanol–water partition coefficient (Wildman–Crippen LogP) is 4.27. The zero-order valence-corrected chi connectivity index (χ0v) is 15.7. The van der Waals surface area contributed by atoms with E-state index in [1.165, 1.54) is 0 Å². The third-order valence-electron chi connectivity index (χ3n) is 4.32. The van der Waals surface area contributed by atoms with E-state index in [1.54, 1.807) is 42.5 Å². The summed E-state index contributed by atoms with van der Waals surface area (Å²) in [4.78, 5) is 21.2. The van der Waals surface area contributed by atoms with Crippen molar-refractivity contribution in [3.63, 3.8) is 0 Å². The van der Waals surface area contributed by atoms with E-state index in [2.05, 4.69) is 20.6 Å². The van der Waals surface area contributed by atoms with Gasteiger partial charge in [-0.2, -0.15) is 0 Å². The number of hydrogen-bond acceptors (Lipinski definition) is 5. The summed E-state index contributed by atoms with van der Waals surface area (Å²) in [6.07, 6.45) is 6.78. The van der Waals surface area contributed by atoms with Crippen LogP contribution >= 0.6 is 0 Å². The molecular weight excluding hydrogens is 366 g/mol. The number of ether oxygens (including phenoxy) is 1. The fourth-order valence-corrected chi connectivity index (χ4v) is 2.83. The summed E-state index contributed by atoms with van der Waals surface area (Å²) in [5, 5.41) is 6.16. The molecule has 4 rings (SSSR count). The Morgan fingerprint density at radius 1 is 1.00 bits per heavy atom. The highest BCUT2D eigenvalue weighted by molar-refractivity contribution is 6.08. The number of imidazole rings is 1. The number of anilines is 3. The molecule has 0 aliphatic carbocycles. The fourth-order valence-electron chi connectivity index (χ4n) is 2.83. The maximum atomic E-state index is 12.8. The van der Waals surface area contributed by atoms with Gasteiger partial charge >= 0.3 is 0 Å². The van der Waals surface area contributed by atoms with Crippen LogP contribution in [-0.4, -0.2) is 27.6 Å². The first kappa shape index (κ1) is 18.2. The first-order valence-corrected chi connectivity index (χ1v) is 8.99. The summed E-state index contributed by atoms with van der Waals surface area (Å²) < 4.78 is 6.97. The van der Waals surface area contributed by atoms with Gasteiger partial charge in [0.05, 0.1) is 30.2 Å². The third kappa shape index (κ3) is 4.24. The van der Waals surface area contributed by atoms with Crippen molar-refractivity contribution in [1.82, 2.24) is 14.5 Å². The van der Waals surface area contributed by atoms with E-state index >= 15 is 0 Å². The van der Waals surface area contributed by atoms with Crippen LogP contribution in [0.2, 0.25) is 0 Å². The van der Waals surface area contributed by atoms with Crippen LogP contribution < -0.4 is 15.4 Å². The summed E-state index contributed by atoms with van der Waals surface area (Å²) >= 11 is 0. The van der Waals surface area contributed by atoms with Crippen molar-refractivity contribution in [3.05, 3.63) is 91.1 Å². The standard InChI is InChI=1S/C22H19N5O2/c1-29-18-9-6-16(7-10-18)25-20-5-3-2-4-19(20)22(28)26-17-8-11-21(24-14-17)27-13-12-23-15-27/h2-15,25H,1H3,(H,26,28). The van der Waals surface area contributed by atoms with Crippen LogP contribution in [-0.2, 0) is 0 Å². The van der Waals surface area contributed by atoms with Crippen LogP contribution in [0.5, 0.6) is 5.75 Å². The molecule has 144 valence electrons. The minimum absolute atomic E-state index is 0.223. The van der Waals surface area contributed by atoms with Gasteiger partial charge in [0.15, 0.2) is 0 Å². The Hall–Kier alpha value is -4.13. The molecule has 0 saturated carbocycles. The van der Waals surface area contributed by atoms with E-state index in [0.717, 1.165) is 17.3 Å². The number of amides is 1. The lowest BCUT2D eigenvalue weighted by atomic mass is 10.1. The molecule has 2 N–H and O–H groups in total. The number of nitrogens with zero attached hydrogens (tertiary/aromatic N) is 3. The molecule has 1 amide bonds. The van der Waals surface area contributed by atoms with Crippen LogP contribution in [0.15, 0.2) is 85.6 Å². The van der Waals surface area contributed by atoms with Crippen molar-refractivity contribution in [2.24, 2.45) is 0 Å². The van der Waals surface area contributed by atoms with Crippen LogP contribution in [0.25, 0.3) is 5.82 Å². The van der Waals surface area contributed by atoms with Crippen molar-refractivity contribution in [3.8, 4) is 11.6 Å². The Morgan fingerprint density at radius 3 is 2.48 bits per heavy atom. The van der Waals surface area contributed by atoms with Crippen molar-refractivity contribution >= 4 is 23.0 Å². The van der Waals surface area contributed by atoms with Crippen molar-refractivity contribution in [2.75, 3.05) is 17.7 Å². The number of nitrogens with one attached hydrogen (secondary N) is 2. The molecular formula is C22H19N5O2. The second kappa shape index (κ2) is 8.26. The zero-order chi connectivity index (χ0) is 20.1. The Labute approximate surface area is 168 Å². The second-order valence-electron chi connectivity index (χ2n) is 6.23. The van der Waals surface area contributed by atoms with Gasteiger partial charge in [-0.25, -0.2) is 9.97 Å². The molecule has 0 saturated heterocycles. The number of pyridine rings is 1. The lowest BCUT2D eigenvalue weighted by Crippen LogP contribution is -2.14. The van der Waals surface area contributed by atoms with Crippen molar-refractivity contribution in [2.45, 2.75) is 0 Å². The molecule has 0 atom stereocenters. The third-order valence-corrected chi connectivity index (χ3v) is 4.32. The van der Waals surface area contributed by atoms with Gasteiger partial charge < -0.3 is 15.4 Å². The Bertz CT molecular complexity index is 1090. The number of benzene rings is 2. The Balaban J connectivity index is 1.50. The van der Waals surface area contributed by atoms with E-state index in [9.17, 15) is 4.79 Å². The highest BCUT2D eigenvalue weighted by atomic mass is 16.5. The highest BCUT2D eigenvalue weighted by Crippen LogP contribution is 2.24. The molecule has 2 aromatic heterocycles. The average Bonchev–Trinajstić information content (AvgIpc) is 3.30. The van der Waals surface area contributed by atoms with E-state index in [0.29, 0.717) is 16.9 Å². The normalized spacial score (nSPS) is 10.4. The maximum absolute atomic E-state index is 12.8. The van der Waals surface area contributed by atoms with Gasteiger partial charge in [0.2, 0.25) is 0 Å². The summed E-state index contributed by atoms with van der Waals surface area (Å²) in [5.41, 5.74) is 2.70.